The number of nitrogens with zero attached hydrogens (tertiary/aromatic N) is 3. The summed E-state index contributed by atoms with van der Waals surface area (Å²) in [5.74, 6) is 0.604. The highest BCUT2D eigenvalue weighted by Crippen LogP contribution is 2.33. The van der Waals surface area contributed by atoms with E-state index >= 15 is 0 Å². The summed E-state index contributed by atoms with van der Waals surface area (Å²) in [6, 6.07) is 20.0. The van der Waals surface area contributed by atoms with E-state index in [-0.39, 0.29) is 18.2 Å². The molecule has 0 atom stereocenters. The van der Waals surface area contributed by atoms with E-state index in [2.05, 4.69) is 10.2 Å². The highest BCUT2D eigenvalue weighted by atomic mass is 32.2. The molecule has 2 heterocycles. The minimum absolute atomic E-state index is 0.115. The van der Waals surface area contributed by atoms with E-state index in [0.29, 0.717) is 21.4 Å². The molecule has 1 aliphatic rings. The first-order valence-electron chi connectivity index (χ1n) is 8.88. The Hall–Kier alpha value is -3.58. The third kappa shape index (κ3) is 4.47. The Morgan fingerprint density at radius 3 is 2.59 bits per heavy atom. The van der Waals surface area contributed by atoms with Gasteiger partial charge in [-0.3, -0.25) is 9.69 Å². The van der Waals surface area contributed by atoms with Gasteiger partial charge in [-0.25, -0.2) is 0 Å². The van der Waals surface area contributed by atoms with Gasteiger partial charge >= 0.3 is 0 Å². The molecular formula is C22H17N3O3S. The molecule has 0 spiro atoms. The predicted molar refractivity (Wildman–Crippen MR) is 114 cm³/mol. The Balaban J connectivity index is 1.63. The van der Waals surface area contributed by atoms with Gasteiger partial charge in [0.2, 0.25) is 0 Å². The van der Waals surface area contributed by atoms with Gasteiger partial charge in [-0.2, -0.15) is 5.10 Å². The average molecular weight is 403 g/mol. The van der Waals surface area contributed by atoms with E-state index in [1.54, 1.807) is 42.7 Å². The minimum atomic E-state index is -0.160. The maximum atomic E-state index is 13.0. The smallest absolute Gasteiger partial charge is 0.267 e. The van der Waals surface area contributed by atoms with Crippen molar-refractivity contribution < 1.29 is 14.3 Å². The SMILES string of the molecule is O=C1/C(=C/c2ccccc2)S/C(=N\N=C\c2ccccc2O)N1Cc1ccco1. The molecule has 1 N–H and O–H groups in total. The molecule has 3 aromatic rings. The number of phenolic OH excluding ortho intramolecular Hbond substituents is 1. The fraction of sp³-hybridized carbons (Fsp3) is 0.0455. The van der Waals surface area contributed by atoms with Gasteiger partial charge in [0.05, 0.1) is 23.9 Å². The molecule has 1 fully saturated rings. The number of hydrogen-bond donors (Lipinski definition) is 1. The number of rotatable bonds is 5. The molecule has 29 heavy (non-hydrogen) atoms. The number of amides is 1. The number of carbonyl (C=O) groups is 1. The average Bonchev–Trinajstić information content (AvgIpc) is 3.35. The van der Waals surface area contributed by atoms with Crippen LogP contribution in [0.15, 0.2) is 92.5 Å². The van der Waals surface area contributed by atoms with Gasteiger partial charge in [-0.1, -0.05) is 42.5 Å². The molecule has 0 bridgehead atoms. The van der Waals surface area contributed by atoms with Crippen molar-refractivity contribution in [2.45, 2.75) is 6.54 Å². The maximum Gasteiger partial charge on any atom is 0.267 e. The maximum absolute atomic E-state index is 13.0. The number of carbonyl (C=O) groups excluding carboxylic acids is 1. The number of phenols is 1. The Morgan fingerprint density at radius 1 is 1.03 bits per heavy atom. The van der Waals surface area contributed by atoms with Crippen LogP contribution in [0.1, 0.15) is 16.9 Å². The van der Waals surface area contributed by atoms with Crippen LogP contribution in [0.5, 0.6) is 5.75 Å². The summed E-state index contributed by atoms with van der Waals surface area (Å²) in [7, 11) is 0. The van der Waals surface area contributed by atoms with Gasteiger partial charge in [-0.15, -0.1) is 5.10 Å². The minimum Gasteiger partial charge on any atom is -0.507 e. The van der Waals surface area contributed by atoms with Crippen LogP contribution in [0.3, 0.4) is 0 Å². The molecule has 1 amide bonds. The van der Waals surface area contributed by atoms with Crippen molar-refractivity contribution >= 4 is 35.1 Å². The normalized spacial score (nSPS) is 17.1. The van der Waals surface area contributed by atoms with Gasteiger partial charge in [-0.05, 0) is 47.7 Å². The van der Waals surface area contributed by atoms with Gasteiger partial charge in [0.1, 0.15) is 11.5 Å². The molecule has 7 heteroatoms. The topological polar surface area (TPSA) is 78.4 Å². The summed E-state index contributed by atoms with van der Waals surface area (Å²) in [4.78, 5) is 15.0. The Labute approximate surface area is 171 Å². The Kier molecular flexibility index (Phi) is 5.58. The van der Waals surface area contributed by atoms with E-state index in [9.17, 15) is 9.90 Å². The lowest BCUT2D eigenvalue weighted by Gasteiger charge is -2.12. The third-order valence-electron chi connectivity index (χ3n) is 4.16. The number of amidine groups is 1. The van der Waals surface area contributed by atoms with Gasteiger partial charge < -0.3 is 9.52 Å². The highest BCUT2D eigenvalue weighted by molar-refractivity contribution is 8.18. The number of furan rings is 1. The molecule has 0 aliphatic carbocycles. The molecule has 0 radical (unpaired) electrons. The van der Waals surface area contributed by atoms with E-state index in [1.165, 1.54) is 22.9 Å². The Bertz CT molecular complexity index is 1090. The molecule has 1 aromatic heterocycles. The number of thioether (sulfide) groups is 1. The molecule has 144 valence electrons. The van der Waals surface area contributed by atoms with Crippen molar-refractivity contribution in [1.82, 2.24) is 4.90 Å². The van der Waals surface area contributed by atoms with Gasteiger partial charge in [0.25, 0.3) is 5.91 Å². The van der Waals surface area contributed by atoms with E-state index < -0.39 is 0 Å². The van der Waals surface area contributed by atoms with Gasteiger partial charge in [0, 0.05) is 5.56 Å². The zero-order valence-electron chi connectivity index (χ0n) is 15.3. The van der Waals surface area contributed by atoms with Crippen LogP contribution in [-0.2, 0) is 11.3 Å². The van der Waals surface area contributed by atoms with Crippen molar-refractivity contribution in [1.29, 1.82) is 0 Å². The van der Waals surface area contributed by atoms with Crippen molar-refractivity contribution in [2.24, 2.45) is 10.2 Å². The summed E-state index contributed by atoms with van der Waals surface area (Å²) in [6.45, 7) is 0.260. The lowest BCUT2D eigenvalue weighted by atomic mass is 10.2. The van der Waals surface area contributed by atoms with E-state index in [1.807, 2.05) is 36.4 Å². The molecule has 4 rings (SSSR count). The highest BCUT2D eigenvalue weighted by Gasteiger charge is 2.34. The third-order valence-corrected chi connectivity index (χ3v) is 5.15. The quantitative estimate of drug-likeness (QED) is 0.387. The van der Waals surface area contributed by atoms with Crippen LogP contribution in [0.4, 0.5) is 0 Å². The standard InChI is InChI=1S/C22H17N3O3S/c26-19-11-5-4-9-17(19)14-23-24-22-25(15-18-10-6-12-28-18)21(27)20(29-22)13-16-7-2-1-3-8-16/h1-14,26H,15H2/b20-13-,23-14+,24-22-. The van der Waals surface area contributed by atoms with Crippen LogP contribution in [-0.4, -0.2) is 27.3 Å². The first-order valence-corrected chi connectivity index (χ1v) is 9.70. The molecule has 1 saturated heterocycles. The van der Waals surface area contributed by atoms with E-state index in [4.69, 9.17) is 4.42 Å². The van der Waals surface area contributed by atoms with E-state index in [0.717, 1.165) is 5.56 Å². The van der Waals surface area contributed by atoms with Crippen LogP contribution < -0.4 is 0 Å². The number of aromatic hydroxyl groups is 1. The predicted octanol–water partition coefficient (Wildman–Crippen LogP) is 4.49. The van der Waals surface area contributed by atoms with Crippen molar-refractivity contribution in [2.75, 3.05) is 0 Å². The first kappa shape index (κ1) is 18.8. The largest absolute Gasteiger partial charge is 0.507 e. The fourth-order valence-corrected chi connectivity index (χ4v) is 3.65. The lowest BCUT2D eigenvalue weighted by Crippen LogP contribution is -2.28. The fourth-order valence-electron chi connectivity index (χ4n) is 2.72. The first-order chi connectivity index (χ1) is 14.2. The second-order valence-corrected chi connectivity index (χ2v) is 7.19. The van der Waals surface area contributed by atoms with Crippen LogP contribution in [0.2, 0.25) is 0 Å². The second-order valence-electron chi connectivity index (χ2n) is 6.18. The summed E-state index contributed by atoms with van der Waals surface area (Å²) in [5, 5.41) is 18.6. The number of benzene rings is 2. The van der Waals surface area contributed by atoms with Crippen LogP contribution >= 0.6 is 11.8 Å². The molecule has 1 aliphatic heterocycles. The molecule has 6 nitrogen and oxygen atoms in total. The monoisotopic (exact) mass is 403 g/mol. The summed E-state index contributed by atoms with van der Waals surface area (Å²) in [5.41, 5.74) is 1.48. The van der Waals surface area contributed by atoms with Crippen LogP contribution in [0.25, 0.3) is 6.08 Å². The molecule has 0 saturated carbocycles. The summed E-state index contributed by atoms with van der Waals surface area (Å²) in [6.07, 6.45) is 4.85. The molecule has 0 unspecified atom stereocenters. The van der Waals surface area contributed by atoms with Crippen molar-refractivity contribution in [3.8, 4) is 5.75 Å². The second kappa shape index (κ2) is 8.62. The van der Waals surface area contributed by atoms with Crippen LogP contribution in [0, 0.1) is 0 Å². The summed E-state index contributed by atoms with van der Waals surface area (Å²) >= 11 is 1.25. The van der Waals surface area contributed by atoms with Crippen molar-refractivity contribution in [3.05, 3.63) is 94.8 Å². The molecule has 2 aromatic carbocycles. The zero-order valence-corrected chi connectivity index (χ0v) is 16.1. The lowest BCUT2D eigenvalue weighted by molar-refractivity contribution is -0.122. The number of para-hydroxylation sites is 1. The molecular weight excluding hydrogens is 386 g/mol. The zero-order chi connectivity index (χ0) is 20.1. The number of hydrogen-bond acceptors (Lipinski definition) is 6. The van der Waals surface area contributed by atoms with Crippen molar-refractivity contribution in [3.63, 3.8) is 0 Å². The Morgan fingerprint density at radius 2 is 1.83 bits per heavy atom. The van der Waals surface area contributed by atoms with Gasteiger partial charge in [0.15, 0.2) is 5.17 Å². The summed E-state index contributed by atoms with van der Waals surface area (Å²) < 4.78 is 5.39.